The normalized spacial score (nSPS) is 19.1. The molecule has 0 radical (unpaired) electrons. The molecule has 0 aromatic carbocycles. The number of carbonyl (C=O) groups is 1. The Hall–Kier alpha value is -1.62. The van der Waals surface area contributed by atoms with Gasteiger partial charge >= 0.3 is 0 Å². The minimum absolute atomic E-state index is 0.192. The zero-order valence-electron chi connectivity index (χ0n) is 13.1. The van der Waals surface area contributed by atoms with E-state index in [1.807, 2.05) is 0 Å². The number of hydrogen-bond donors (Lipinski definition) is 2. The molecule has 1 atom stereocenters. The quantitative estimate of drug-likeness (QED) is 0.861. The van der Waals surface area contributed by atoms with Gasteiger partial charge in [0.15, 0.2) is 5.43 Å². The minimum atomic E-state index is -0.279. The van der Waals surface area contributed by atoms with Crippen LogP contribution in [0.5, 0.6) is 0 Å². The third-order valence-electron chi connectivity index (χ3n) is 3.85. The summed E-state index contributed by atoms with van der Waals surface area (Å²) >= 11 is 0. The van der Waals surface area contributed by atoms with Crippen molar-refractivity contribution >= 4 is 5.91 Å². The van der Waals surface area contributed by atoms with Crippen LogP contribution in [0.1, 0.15) is 36.3 Å². The molecular formula is C16H25N3O2. The van der Waals surface area contributed by atoms with Crippen LogP contribution >= 0.6 is 0 Å². The number of pyridine rings is 1. The predicted molar refractivity (Wildman–Crippen MR) is 83.5 cm³/mol. The second kappa shape index (κ2) is 6.89. The third kappa shape index (κ3) is 4.43. The lowest BCUT2D eigenvalue weighted by atomic mass is 10.1. The van der Waals surface area contributed by atoms with Gasteiger partial charge in [-0.2, -0.15) is 0 Å². The van der Waals surface area contributed by atoms with E-state index in [0.717, 1.165) is 31.7 Å². The Morgan fingerprint density at radius 2 is 2.29 bits per heavy atom. The Bertz CT molecular complexity index is 551. The fourth-order valence-corrected chi connectivity index (χ4v) is 2.84. The molecule has 0 spiro atoms. The smallest absolute Gasteiger partial charge is 0.256 e. The van der Waals surface area contributed by atoms with E-state index in [1.54, 1.807) is 6.92 Å². The topological polar surface area (TPSA) is 65.2 Å². The molecule has 5 heteroatoms. The van der Waals surface area contributed by atoms with Crippen molar-refractivity contribution in [2.24, 2.45) is 11.8 Å². The van der Waals surface area contributed by atoms with Gasteiger partial charge in [0.25, 0.3) is 5.91 Å². The summed E-state index contributed by atoms with van der Waals surface area (Å²) < 4.78 is 0. The first-order valence-corrected chi connectivity index (χ1v) is 7.65. The molecule has 1 aromatic heterocycles. The summed E-state index contributed by atoms with van der Waals surface area (Å²) in [6.45, 7) is 10.1. The fraction of sp³-hybridized carbons (Fsp3) is 0.625. The lowest BCUT2D eigenvalue weighted by Crippen LogP contribution is -2.34. The van der Waals surface area contributed by atoms with Crippen molar-refractivity contribution in [1.82, 2.24) is 15.2 Å². The van der Waals surface area contributed by atoms with Crippen molar-refractivity contribution in [3.05, 3.63) is 33.7 Å². The molecule has 1 saturated heterocycles. The number of carbonyl (C=O) groups excluding carboxylic acids is 1. The standard InChI is InChI=1S/C16H25N3O2/c1-11(2)9-19-5-4-13(10-19)7-18-16(21)14-8-17-12(3)6-15(14)20/h6,8,11,13H,4-5,7,9-10H2,1-3H3,(H,17,20)(H,18,21). The Labute approximate surface area is 125 Å². The van der Waals surface area contributed by atoms with Gasteiger partial charge in [0.1, 0.15) is 5.56 Å². The second-order valence-electron chi connectivity index (χ2n) is 6.41. The number of hydrogen-bond acceptors (Lipinski definition) is 3. The molecule has 116 valence electrons. The van der Waals surface area contributed by atoms with E-state index in [9.17, 15) is 9.59 Å². The van der Waals surface area contributed by atoms with Crippen molar-refractivity contribution in [3.63, 3.8) is 0 Å². The molecular weight excluding hydrogens is 266 g/mol. The van der Waals surface area contributed by atoms with Crippen molar-refractivity contribution in [1.29, 1.82) is 0 Å². The maximum Gasteiger partial charge on any atom is 0.256 e. The molecule has 2 heterocycles. The number of aromatic amines is 1. The van der Waals surface area contributed by atoms with Crippen LogP contribution < -0.4 is 10.7 Å². The van der Waals surface area contributed by atoms with Gasteiger partial charge in [-0.15, -0.1) is 0 Å². The summed E-state index contributed by atoms with van der Waals surface area (Å²) in [5, 5.41) is 2.89. The molecule has 1 aromatic rings. The van der Waals surface area contributed by atoms with Crippen LogP contribution in [0.2, 0.25) is 0 Å². The zero-order chi connectivity index (χ0) is 15.4. The largest absolute Gasteiger partial charge is 0.364 e. The van der Waals surface area contributed by atoms with Crippen LogP contribution in [0.4, 0.5) is 0 Å². The maximum atomic E-state index is 12.0. The van der Waals surface area contributed by atoms with Gasteiger partial charge in [-0.1, -0.05) is 13.8 Å². The highest BCUT2D eigenvalue weighted by Gasteiger charge is 2.23. The molecule has 1 fully saturated rings. The molecule has 1 aliphatic rings. The molecule has 2 N–H and O–H groups in total. The van der Waals surface area contributed by atoms with Crippen molar-refractivity contribution in [3.8, 4) is 0 Å². The van der Waals surface area contributed by atoms with Gasteiger partial charge in [0, 0.05) is 37.6 Å². The Morgan fingerprint density at radius 1 is 1.52 bits per heavy atom. The summed E-state index contributed by atoms with van der Waals surface area (Å²) in [6.07, 6.45) is 2.60. The van der Waals surface area contributed by atoms with Crippen LogP contribution in [0, 0.1) is 18.8 Å². The summed E-state index contributed by atoms with van der Waals surface area (Å²) in [5.74, 6) is 0.875. The van der Waals surface area contributed by atoms with Gasteiger partial charge in [-0.25, -0.2) is 0 Å². The number of aromatic nitrogens is 1. The molecule has 2 rings (SSSR count). The monoisotopic (exact) mass is 291 g/mol. The number of aryl methyl sites for hydroxylation is 1. The first-order valence-electron chi connectivity index (χ1n) is 7.65. The van der Waals surface area contributed by atoms with Crippen LogP contribution in [0.3, 0.4) is 0 Å². The summed E-state index contributed by atoms with van der Waals surface area (Å²) in [5.41, 5.74) is 0.728. The average molecular weight is 291 g/mol. The van der Waals surface area contributed by atoms with Gasteiger partial charge in [0.05, 0.1) is 0 Å². The van der Waals surface area contributed by atoms with E-state index in [1.165, 1.54) is 12.3 Å². The minimum Gasteiger partial charge on any atom is -0.364 e. The molecule has 5 nitrogen and oxygen atoms in total. The highest BCUT2D eigenvalue weighted by molar-refractivity contribution is 5.93. The number of likely N-dealkylation sites (tertiary alicyclic amines) is 1. The zero-order valence-corrected chi connectivity index (χ0v) is 13.1. The first-order chi connectivity index (χ1) is 9.95. The van der Waals surface area contributed by atoms with Gasteiger partial charge < -0.3 is 15.2 Å². The van der Waals surface area contributed by atoms with Crippen LogP contribution in [-0.2, 0) is 0 Å². The number of nitrogens with one attached hydrogen (secondary N) is 2. The first kappa shape index (κ1) is 15.8. The van der Waals surface area contributed by atoms with E-state index in [4.69, 9.17) is 0 Å². The number of nitrogens with zero attached hydrogens (tertiary/aromatic N) is 1. The Kier molecular flexibility index (Phi) is 5.17. The highest BCUT2D eigenvalue weighted by Crippen LogP contribution is 2.16. The maximum absolute atomic E-state index is 12.0. The van der Waals surface area contributed by atoms with Crippen LogP contribution in [-0.4, -0.2) is 42.0 Å². The van der Waals surface area contributed by atoms with E-state index in [0.29, 0.717) is 18.4 Å². The van der Waals surface area contributed by atoms with Crippen LogP contribution in [0.15, 0.2) is 17.1 Å². The van der Waals surface area contributed by atoms with Crippen molar-refractivity contribution < 1.29 is 4.79 Å². The SMILES string of the molecule is Cc1cc(=O)c(C(=O)NCC2CCN(CC(C)C)C2)c[nH]1. The van der Waals surface area contributed by atoms with E-state index in [2.05, 4.69) is 29.0 Å². The fourth-order valence-electron chi connectivity index (χ4n) is 2.84. The summed E-state index contributed by atoms with van der Waals surface area (Å²) in [7, 11) is 0. The van der Waals surface area contributed by atoms with E-state index < -0.39 is 0 Å². The molecule has 1 amide bonds. The highest BCUT2D eigenvalue weighted by atomic mass is 16.2. The van der Waals surface area contributed by atoms with Gasteiger partial charge in [-0.3, -0.25) is 9.59 Å². The van der Waals surface area contributed by atoms with Gasteiger partial charge in [0.2, 0.25) is 0 Å². The van der Waals surface area contributed by atoms with Crippen molar-refractivity contribution in [2.45, 2.75) is 27.2 Å². The average Bonchev–Trinajstić information content (AvgIpc) is 2.82. The van der Waals surface area contributed by atoms with E-state index >= 15 is 0 Å². The number of H-pyrrole nitrogens is 1. The van der Waals surface area contributed by atoms with Gasteiger partial charge in [-0.05, 0) is 31.7 Å². The molecule has 21 heavy (non-hydrogen) atoms. The summed E-state index contributed by atoms with van der Waals surface area (Å²) in [4.78, 5) is 29.2. The molecule has 1 aliphatic heterocycles. The third-order valence-corrected chi connectivity index (χ3v) is 3.85. The predicted octanol–water partition coefficient (Wildman–Crippen LogP) is 1.39. The molecule has 0 bridgehead atoms. The number of rotatable bonds is 5. The summed E-state index contributed by atoms with van der Waals surface area (Å²) in [6, 6.07) is 1.45. The second-order valence-corrected chi connectivity index (χ2v) is 6.41. The van der Waals surface area contributed by atoms with Crippen LogP contribution in [0.25, 0.3) is 0 Å². The molecule has 1 unspecified atom stereocenters. The van der Waals surface area contributed by atoms with E-state index in [-0.39, 0.29) is 16.9 Å². The molecule has 0 aliphatic carbocycles. The lowest BCUT2D eigenvalue weighted by molar-refractivity contribution is 0.0946. The number of amides is 1. The molecule has 0 saturated carbocycles. The Morgan fingerprint density at radius 3 is 2.95 bits per heavy atom. The van der Waals surface area contributed by atoms with Crippen molar-refractivity contribution in [2.75, 3.05) is 26.2 Å². The Balaban J connectivity index is 1.83. The lowest BCUT2D eigenvalue weighted by Gasteiger charge is -2.18.